The number of amides is 2. The van der Waals surface area contributed by atoms with E-state index in [1.165, 1.54) is 25.1 Å². The molecule has 0 saturated carbocycles. The van der Waals surface area contributed by atoms with Crippen LogP contribution in [0.15, 0.2) is 29.4 Å². The Morgan fingerprint density at radius 2 is 2.03 bits per heavy atom. The van der Waals surface area contributed by atoms with Crippen molar-refractivity contribution >= 4 is 39.0 Å². The molecule has 1 aromatic rings. The van der Waals surface area contributed by atoms with Crippen molar-refractivity contribution in [2.24, 2.45) is 5.10 Å². The molecular formula is C18H20FN3O6S. The number of esters is 1. The lowest BCUT2D eigenvalue weighted by Gasteiger charge is -2.27. The number of hydrogen-bond donors (Lipinski definition) is 1. The monoisotopic (exact) mass is 425 g/mol. The first-order valence-corrected chi connectivity index (χ1v) is 10.8. The first-order chi connectivity index (χ1) is 13.7. The van der Waals surface area contributed by atoms with E-state index < -0.39 is 39.7 Å². The maximum atomic E-state index is 13.6. The van der Waals surface area contributed by atoms with Gasteiger partial charge in [-0.25, -0.2) is 22.6 Å². The number of para-hydroxylation sites is 1. The first kappa shape index (κ1) is 20.9. The molecule has 2 aliphatic heterocycles. The quantitative estimate of drug-likeness (QED) is 0.699. The molecule has 2 atom stereocenters. The largest absolute Gasteiger partial charge is 0.448 e. The molecule has 3 rings (SSSR count). The van der Waals surface area contributed by atoms with Crippen molar-refractivity contribution in [1.29, 1.82) is 0 Å². The Morgan fingerprint density at radius 3 is 2.69 bits per heavy atom. The van der Waals surface area contributed by atoms with Crippen molar-refractivity contribution in [3.63, 3.8) is 0 Å². The van der Waals surface area contributed by atoms with Crippen LogP contribution < -0.4 is 5.32 Å². The van der Waals surface area contributed by atoms with E-state index in [-0.39, 0.29) is 48.1 Å². The highest BCUT2D eigenvalue weighted by Gasteiger charge is 2.37. The van der Waals surface area contributed by atoms with Gasteiger partial charge in [0, 0.05) is 12.8 Å². The lowest BCUT2D eigenvalue weighted by Crippen LogP contribution is -2.42. The van der Waals surface area contributed by atoms with E-state index >= 15 is 0 Å². The summed E-state index contributed by atoms with van der Waals surface area (Å²) in [6.07, 6.45) is -0.973. The van der Waals surface area contributed by atoms with Crippen LogP contribution in [0.1, 0.15) is 26.2 Å². The molecule has 0 radical (unpaired) electrons. The number of carbonyl (C=O) groups excluding carboxylic acids is 3. The zero-order chi connectivity index (χ0) is 21.2. The Kier molecular flexibility index (Phi) is 5.96. The number of benzene rings is 1. The van der Waals surface area contributed by atoms with E-state index in [4.69, 9.17) is 4.74 Å². The van der Waals surface area contributed by atoms with Gasteiger partial charge < -0.3 is 10.1 Å². The van der Waals surface area contributed by atoms with E-state index in [0.717, 1.165) is 5.01 Å². The van der Waals surface area contributed by atoms with Crippen molar-refractivity contribution in [2.45, 2.75) is 38.3 Å². The van der Waals surface area contributed by atoms with Gasteiger partial charge in [0.1, 0.15) is 11.5 Å². The molecule has 156 valence electrons. The van der Waals surface area contributed by atoms with Crippen LogP contribution in [0.2, 0.25) is 0 Å². The molecule has 0 unspecified atom stereocenters. The van der Waals surface area contributed by atoms with Gasteiger partial charge in [-0.2, -0.15) is 5.10 Å². The third kappa shape index (κ3) is 4.97. The summed E-state index contributed by atoms with van der Waals surface area (Å²) in [4.78, 5) is 36.6. The van der Waals surface area contributed by atoms with E-state index in [2.05, 4.69) is 10.4 Å². The fourth-order valence-electron chi connectivity index (χ4n) is 3.05. The lowest BCUT2D eigenvalue weighted by atomic mass is 10.1. The van der Waals surface area contributed by atoms with Gasteiger partial charge in [0.2, 0.25) is 5.91 Å². The summed E-state index contributed by atoms with van der Waals surface area (Å²) in [5, 5.41) is 7.35. The summed E-state index contributed by atoms with van der Waals surface area (Å²) in [6.45, 7) is 1.32. The number of hydrazone groups is 1. The third-order valence-electron chi connectivity index (χ3n) is 4.63. The van der Waals surface area contributed by atoms with Gasteiger partial charge in [-0.05, 0) is 25.5 Å². The Hall–Kier alpha value is -2.82. The minimum atomic E-state index is -3.23. The molecule has 1 fully saturated rings. The first-order valence-electron chi connectivity index (χ1n) is 9.02. The zero-order valence-corrected chi connectivity index (χ0v) is 16.4. The van der Waals surface area contributed by atoms with E-state index in [0.29, 0.717) is 0 Å². The molecule has 0 bridgehead atoms. The summed E-state index contributed by atoms with van der Waals surface area (Å²) in [6, 6.07) is 4.95. The number of carbonyl (C=O) groups is 3. The van der Waals surface area contributed by atoms with Crippen LogP contribution in [-0.2, 0) is 29.0 Å². The smallest absolute Gasteiger partial charge is 0.355 e. The van der Waals surface area contributed by atoms with Crippen LogP contribution in [0.5, 0.6) is 0 Å². The predicted molar refractivity (Wildman–Crippen MR) is 101 cm³/mol. The number of anilines is 1. The maximum absolute atomic E-state index is 13.6. The summed E-state index contributed by atoms with van der Waals surface area (Å²) < 4.78 is 42.0. The predicted octanol–water partition coefficient (Wildman–Crippen LogP) is 0.861. The minimum absolute atomic E-state index is 0.0136. The van der Waals surface area contributed by atoms with Crippen LogP contribution in [0.3, 0.4) is 0 Å². The Bertz CT molecular complexity index is 978. The van der Waals surface area contributed by atoms with Crippen LogP contribution in [-0.4, -0.2) is 60.6 Å². The molecule has 2 amide bonds. The highest BCUT2D eigenvalue weighted by atomic mass is 32.2. The Morgan fingerprint density at radius 1 is 1.31 bits per heavy atom. The molecule has 0 spiro atoms. The summed E-state index contributed by atoms with van der Waals surface area (Å²) in [5.41, 5.74) is -0.117. The van der Waals surface area contributed by atoms with Crippen molar-refractivity contribution in [1.82, 2.24) is 5.01 Å². The van der Waals surface area contributed by atoms with Crippen molar-refractivity contribution in [3.8, 4) is 0 Å². The molecule has 1 saturated heterocycles. The highest BCUT2D eigenvalue weighted by molar-refractivity contribution is 7.91. The molecular weight excluding hydrogens is 405 g/mol. The van der Waals surface area contributed by atoms with E-state index in [1.54, 1.807) is 6.07 Å². The fourth-order valence-corrected chi connectivity index (χ4v) is 4.74. The van der Waals surface area contributed by atoms with Gasteiger partial charge in [0.25, 0.3) is 5.91 Å². The standard InChI is InChI=1S/C18H20FN3O6S/c1-11(17(24)20-14-5-3-2-4-13(14)19)28-18(25)15-6-7-16(23)22(21-15)12-8-9-29(26,27)10-12/h2-5,11-12H,6-10H2,1H3,(H,20,24)/t11-,12-/m0/s1. The van der Waals surface area contributed by atoms with Gasteiger partial charge in [0.05, 0.1) is 23.2 Å². The number of hydrogen-bond acceptors (Lipinski definition) is 7. The minimum Gasteiger partial charge on any atom is -0.448 e. The zero-order valence-electron chi connectivity index (χ0n) is 15.6. The Balaban J connectivity index is 1.64. The Labute approximate surface area is 166 Å². The molecule has 2 aliphatic rings. The van der Waals surface area contributed by atoms with Crippen molar-refractivity contribution in [2.75, 3.05) is 16.8 Å². The molecule has 9 nitrogen and oxygen atoms in total. The average molecular weight is 425 g/mol. The average Bonchev–Trinajstić information content (AvgIpc) is 3.03. The number of ether oxygens (including phenoxy) is 1. The van der Waals surface area contributed by atoms with Crippen molar-refractivity contribution in [3.05, 3.63) is 30.1 Å². The summed E-state index contributed by atoms with van der Waals surface area (Å²) >= 11 is 0. The number of nitrogens with one attached hydrogen (secondary N) is 1. The molecule has 29 heavy (non-hydrogen) atoms. The molecule has 0 aromatic heterocycles. The van der Waals surface area contributed by atoms with Gasteiger partial charge in [-0.3, -0.25) is 9.59 Å². The van der Waals surface area contributed by atoms with Crippen molar-refractivity contribution < 1.29 is 31.9 Å². The number of sulfone groups is 1. The lowest BCUT2D eigenvalue weighted by molar-refractivity contribution is -0.147. The van der Waals surface area contributed by atoms with Gasteiger partial charge in [-0.15, -0.1) is 0 Å². The van der Waals surface area contributed by atoms with Gasteiger partial charge in [0.15, 0.2) is 15.9 Å². The van der Waals surface area contributed by atoms with E-state index in [9.17, 15) is 27.2 Å². The van der Waals surface area contributed by atoms with Gasteiger partial charge >= 0.3 is 5.97 Å². The van der Waals surface area contributed by atoms with Crippen LogP contribution in [0, 0.1) is 5.82 Å². The van der Waals surface area contributed by atoms with E-state index in [1.807, 2.05) is 0 Å². The molecule has 11 heteroatoms. The van der Waals surface area contributed by atoms with Gasteiger partial charge in [-0.1, -0.05) is 12.1 Å². The molecule has 0 aliphatic carbocycles. The number of halogens is 1. The normalized spacial score (nSPS) is 22.0. The second-order valence-electron chi connectivity index (χ2n) is 6.86. The number of rotatable bonds is 5. The second kappa shape index (κ2) is 8.27. The third-order valence-corrected chi connectivity index (χ3v) is 6.38. The summed E-state index contributed by atoms with van der Waals surface area (Å²) in [7, 11) is -3.23. The molecule has 1 N–H and O–H groups in total. The maximum Gasteiger partial charge on any atom is 0.355 e. The van der Waals surface area contributed by atoms with Crippen LogP contribution >= 0.6 is 0 Å². The highest BCUT2D eigenvalue weighted by Crippen LogP contribution is 2.22. The fraction of sp³-hybridized carbons (Fsp3) is 0.444. The van der Waals surface area contributed by atoms with Crippen LogP contribution in [0.25, 0.3) is 0 Å². The number of nitrogens with zero attached hydrogens (tertiary/aromatic N) is 2. The van der Waals surface area contributed by atoms with Crippen LogP contribution in [0.4, 0.5) is 10.1 Å². The molecule has 2 heterocycles. The molecule has 1 aromatic carbocycles. The summed E-state index contributed by atoms with van der Waals surface area (Å²) in [5.74, 6) is -2.85. The topological polar surface area (TPSA) is 122 Å². The second-order valence-corrected chi connectivity index (χ2v) is 9.09. The SMILES string of the molecule is C[C@H](OC(=O)C1=NN([C@H]2CCS(=O)(=O)C2)C(=O)CC1)C(=O)Nc1ccccc1F.